The molecule has 2 N–H and O–H groups in total. The average Bonchev–Trinajstić information content (AvgIpc) is 3.21. The highest BCUT2D eigenvalue weighted by atomic mass is 19.4. The molecule has 11 heteroatoms. The lowest BCUT2D eigenvalue weighted by atomic mass is 10.1. The summed E-state index contributed by atoms with van der Waals surface area (Å²) in [5.74, 6) is -0.201. The number of halogens is 3. The number of hydrogen-bond donors (Lipinski definition) is 2. The first-order valence-electron chi connectivity index (χ1n) is 11.2. The molecule has 0 saturated heterocycles. The lowest BCUT2D eigenvalue weighted by Gasteiger charge is -2.25. The second-order valence-electron chi connectivity index (χ2n) is 8.41. The van der Waals surface area contributed by atoms with Crippen LogP contribution >= 0.6 is 0 Å². The van der Waals surface area contributed by atoms with Crippen LogP contribution in [0, 0.1) is 13.8 Å². The average molecular weight is 499 g/mol. The quantitative estimate of drug-likeness (QED) is 0.446. The first-order valence-corrected chi connectivity index (χ1v) is 11.2. The molecule has 0 spiro atoms. The van der Waals surface area contributed by atoms with Gasteiger partial charge in [0.1, 0.15) is 6.04 Å². The first-order chi connectivity index (χ1) is 17.0. The Morgan fingerprint density at radius 3 is 2.47 bits per heavy atom. The Labute approximate surface area is 206 Å². The summed E-state index contributed by atoms with van der Waals surface area (Å²) in [6.45, 7) is 7.34. The highest BCUT2D eigenvalue weighted by Crippen LogP contribution is 2.35. The van der Waals surface area contributed by atoms with Crippen molar-refractivity contribution >= 4 is 23.4 Å². The van der Waals surface area contributed by atoms with Gasteiger partial charge in [0.25, 0.3) is 0 Å². The fourth-order valence-corrected chi connectivity index (χ4v) is 3.89. The number of esters is 1. The number of nitrogens with one attached hydrogen (secondary N) is 2. The molecular formula is C25H25F3N6O2. The van der Waals surface area contributed by atoms with Crippen molar-refractivity contribution in [2.24, 2.45) is 0 Å². The zero-order valence-corrected chi connectivity index (χ0v) is 20.1. The number of nitrogens with zero attached hydrogens (tertiary/aromatic N) is 4. The lowest BCUT2D eigenvalue weighted by molar-refractivity contribution is -0.142. The molecule has 1 aliphatic heterocycles. The van der Waals surface area contributed by atoms with Crippen LogP contribution in [0.25, 0.3) is 11.1 Å². The Hall–Kier alpha value is -3.99. The zero-order chi connectivity index (χ0) is 26.0. The van der Waals surface area contributed by atoms with Crippen molar-refractivity contribution in [3.63, 3.8) is 0 Å². The van der Waals surface area contributed by atoms with Crippen LogP contribution in [0.2, 0.25) is 0 Å². The number of carbonyl (C=O) groups is 1. The molecule has 188 valence electrons. The third kappa shape index (κ3) is 5.46. The number of hydrazine groups is 1. The summed E-state index contributed by atoms with van der Waals surface area (Å²) < 4.78 is 45.4. The van der Waals surface area contributed by atoms with Crippen LogP contribution in [0.1, 0.15) is 35.3 Å². The van der Waals surface area contributed by atoms with Gasteiger partial charge in [-0.25, -0.2) is 15.2 Å². The largest absolute Gasteiger partial charge is 0.462 e. The van der Waals surface area contributed by atoms with E-state index in [2.05, 4.69) is 25.7 Å². The van der Waals surface area contributed by atoms with Gasteiger partial charge < -0.3 is 10.1 Å². The standard InChI is InChI=1S/C25H25F3N6O2/c1-5-36-23(35)18-10-17(11-29-12-18)20-13-30-24(31-19-7-14(2)6-15(3)8-19)32-22(20)34-16(4)9-21(33-34)25(26,27)28/h6-13,21,33H,5H2,1-4H3,(H,30,31,32). The Bertz CT molecular complexity index is 1310. The van der Waals surface area contributed by atoms with Crippen LogP contribution in [0.3, 0.4) is 0 Å². The summed E-state index contributed by atoms with van der Waals surface area (Å²) in [5, 5.41) is 4.39. The predicted molar refractivity (Wildman–Crippen MR) is 130 cm³/mol. The van der Waals surface area contributed by atoms with E-state index in [9.17, 15) is 18.0 Å². The third-order valence-corrected chi connectivity index (χ3v) is 5.40. The van der Waals surface area contributed by atoms with Crippen molar-refractivity contribution in [2.45, 2.75) is 39.9 Å². The number of allylic oxidation sites excluding steroid dienone is 1. The van der Waals surface area contributed by atoms with Crippen molar-refractivity contribution < 1.29 is 22.7 Å². The molecule has 0 saturated carbocycles. The van der Waals surface area contributed by atoms with Crippen molar-refractivity contribution in [1.29, 1.82) is 0 Å². The topological polar surface area (TPSA) is 92.3 Å². The van der Waals surface area contributed by atoms with Crippen LogP contribution in [0.5, 0.6) is 0 Å². The Morgan fingerprint density at radius 1 is 1.11 bits per heavy atom. The summed E-state index contributed by atoms with van der Waals surface area (Å²) in [6, 6.07) is 5.51. The van der Waals surface area contributed by atoms with Crippen LogP contribution in [-0.2, 0) is 4.74 Å². The molecular weight excluding hydrogens is 473 g/mol. The Kier molecular flexibility index (Phi) is 6.93. The van der Waals surface area contributed by atoms with E-state index in [1.54, 1.807) is 19.9 Å². The molecule has 1 aromatic carbocycles. The van der Waals surface area contributed by atoms with Gasteiger partial charge in [-0.15, -0.1) is 0 Å². The minimum atomic E-state index is -4.49. The number of hydrogen-bond acceptors (Lipinski definition) is 8. The molecule has 1 aliphatic rings. The van der Waals surface area contributed by atoms with E-state index in [1.165, 1.54) is 23.6 Å². The first kappa shape index (κ1) is 25.1. The number of alkyl halides is 3. The molecule has 1 unspecified atom stereocenters. The second-order valence-corrected chi connectivity index (χ2v) is 8.41. The second kappa shape index (κ2) is 9.94. The monoisotopic (exact) mass is 498 g/mol. The minimum Gasteiger partial charge on any atom is -0.462 e. The molecule has 4 rings (SSSR count). The van der Waals surface area contributed by atoms with Gasteiger partial charge in [-0.3, -0.25) is 9.99 Å². The number of benzene rings is 1. The van der Waals surface area contributed by atoms with Crippen LogP contribution in [0.15, 0.2) is 54.6 Å². The van der Waals surface area contributed by atoms with E-state index >= 15 is 0 Å². The number of carbonyl (C=O) groups excluding carboxylic acids is 1. The normalized spacial score (nSPS) is 15.6. The van der Waals surface area contributed by atoms with Gasteiger partial charge in [0.05, 0.1) is 12.2 Å². The SMILES string of the molecule is CCOC(=O)c1cncc(-c2cnc(Nc3cc(C)cc(C)c3)nc2N2NC(C(F)(F)F)C=C2C)c1. The summed E-state index contributed by atoms with van der Waals surface area (Å²) in [7, 11) is 0. The van der Waals surface area contributed by atoms with Gasteiger partial charge in [0.2, 0.25) is 5.95 Å². The summed E-state index contributed by atoms with van der Waals surface area (Å²) >= 11 is 0. The maximum Gasteiger partial charge on any atom is 0.409 e. The van der Waals surface area contributed by atoms with E-state index < -0.39 is 18.2 Å². The van der Waals surface area contributed by atoms with Crippen LogP contribution < -0.4 is 15.8 Å². The van der Waals surface area contributed by atoms with Gasteiger partial charge in [0, 0.05) is 41.1 Å². The zero-order valence-electron chi connectivity index (χ0n) is 20.1. The van der Waals surface area contributed by atoms with Crippen LogP contribution in [-0.4, -0.2) is 39.7 Å². The molecule has 1 atom stereocenters. The summed E-state index contributed by atoms with van der Waals surface area (Å²) in [6.07, 6.45) is 0.912. The smallest absolute Gasteiger partial charge is 0.409 e. The fraction of sp³-hybridized carbons (Fsp3) is 0.280. The highest BCUT2D eigenvalue weighted by Gasteiger charge is 2.43. The summed E-state index contributed by atoms with van der Waals surface area (Å²) in [4.78, 5) is 25.3. The van der Waals surface area contributed by atoms with E-state index in [-0.39, 0.29) is 23.9 Å². The van der Waals surface area contributed by atoms with Gasteiger partial charge >= 0.3 is 12.1 Å². The number of rotatable bonds is 6. The van der Waals surface area contributed by atoms with Crippen molar-refractivity contribution in [3.05, 3.63) is 71.3 Å². The highest BCUT2D eigenvalue weighted by molar-refractivity contribution is 5.91. The molecule has 3 aromatic rings. The number of aromatic nitrogens is 3. The maximum absolute atomic E-state index is 13.5. The van der Waals surface area contributed by atoms with Gasteiger partial charge in [-0.1, -0.05) is 6.07 Å². The van der Waals surface area contributed by atoms with Crippen LogP contribution in [0.4, 0.5) is 30.6 Å². The van der Waals surface area contributed by atoms with Gasteiger partial charge in [-0.05, 0) is 63.1 Å². The molecule has 0 fully saturated rings. The van der Waals surface area contributed by atoms with Crippen molar-refractivity contribution in [1.82, 2.24) is 20.4 Å². The Morgan fingerprint density at radius 2 is 1.83 bits per heavy atom. The van der Waals surface area contributed by atoms with Gasteiger partial charge in [-0.2, -0.15) is 18.2 Å². The number of ether oxygens (including phenoxy) is 1. The fourth-order valence-electron chi connectivity index (χ4n) is 3.89. The summed E-state index contributed by atoms with van der Waals surface area (Å²) in [5.41, 5.74) is 6.60. The van der Waals surface area contributed by atoms with E-state index in [4.69, 9.17) is 4.74 Å². The molecule has 0 bridgehead atoms. The van der Waals surface area contributed by atoms with E-state index in [0.717, 1.165) is 22.9 Å². The van der Waals surface area contributed by atoms with Gasteiger partial charge in [0.15, 0.2) is 5.82 Å². The number of aryl methyl sites for hydroxylation is 2. The molecule has 8 nitrogen and oxygen atoms in total. The van der Waals surface area contributed by atoms with E-state index in [1.807, 2.05) is 32.0 Å². The number of anilines is 3. The van der Waals surface area contributed by atoms with Crippen molar-refractivity contribution in [3.8, 4) is 11.1 Å². The maximum atomic E-state index is 13.5. The molecule has 0 aliphatic carbocycles. The van der Waals surface area contributed by atoms with E-state index in [0.29, 0.717) is 16.8 Å². The molecule has 0 amide bonds. The predicted octanol–water partition coefficient (Wildman–Crippen LogP) is 5.24. The van der Waals surface area contributed by atoms with Crippen molar-refractivity contribution in [2.75, 3.05) is 16.9 Å². The molecule has 2 aromatic heterocycles. The minimum absolute atomic E-state index is 0.167. The molecule has 3 heterocycles. The molecule has 36 heavy (non-hydrogen) atoms. The molecule has 0 radical (unpaired) electrons. The number of pyridine rings is 1. The lowest BCUT2D eigenvalue weighted by Crippen LogP contribution is -2.45. The Balaban J connectivity index is 1.78. The third-order valence-electron chi connectivity index (χ3n) is 5.40.